The van der Waals surface area contributed by atoms with Gasteiger partial charge < -0.3 is 0 Å². The Kier molecular flexibility index (Phi) is 12.9. The van der Waals surface area contributed by atoms with Gasteiger partial charge in [-0.1, -0.05) is 77.7 Å². The van der Waals surface area contributed by atoms with E-state index >= 15 is 0 Å². The van der Waals surface area contributed by atoms with Crippen molar-refractivity contribution in [2.75, 3.05) is 0 Å². The van der Waals surface area contributed by atoms with E-state index in [4.69, 9.17) is 0 Å². The van der Waals surface area contributed by atoms with Gasteiger partial charge in [-0.3, -0.25) is 0 Å². The van der Waals surface area contributed by atoms with Crippen molar-refractivity contribution in [2.24, 2.45) is 23.7 Å². The molecule has 22 heavy (non-hydrogen) atoms. The summed E-state index contributed by atoms with van der Waals surface area (Å²) in [4.78, 5) is 0. The molecule has 0 rings (SSSR count). The van der Waals surface area contributed by atoms with Crippen molar-refractivity contribution < 1.29 is 0 Å². The minimum absolute atomic E-state index is 0.716. The van der Waals surface area contributed by atoms with E-state index in [0.29, 0.717) is 11.8 Å². The van der Waals surface area contributed by atoms with Gasteiger partial charge in [-0.25, -0.2) is 0 Å². The lowest BCUT2D eigenvalue weighted by Crippen LogP contribution is -1.96. The highest BCUT2D eigenvalue weighted by Crippen LogP contribution is 2.20. The van der Waals surface area contributed by atoms with Gasteiger partial charge in [0.05, 0.1) is 0 Å². The number of allylic oxidation sites excluding steroid dienone is 4. The predicted molar refractivity (Wildman–Crippen MR) is 105 cm³/mol. The van der Waals surface area contributed by atoms with E-state index in [-0.39, 0.29) is 0 Å². The maximum Gasteiger partial charge on any atom is -0.0260 e. The van der Waals surface area contributed by atoms with Crippen LogP contribution in [0.5, 0.6) is 0 Å². The molecule has 0 amide bonds. The first-order valence-electron chi connectivity index (χ1n) is 9.22. The van der Waals surface area contributed by atoms with E-state index in [1.54, 1.807) is 22.3 Å². The fourth-order valence-electron chi connectivity index (χ4n) is 2.53. The topological polar surface area (TPSA) is 0 Å². The molecule has 0 heterocycles. The van der Waals surface area contributed by atoms with Crippen LogP contribution < -0.4 is 0 Å². The number of rotatable bonds is 6. The maximum absolute atomic E-state index is 2.27. The summed E-state index contributed by atoms with van der Waals surface area (Å²) in [7, 11) is 0. The lowest BCUT2D eigenvalue weighted by Gasteiger charge is -2.12. The number of hydrogen-bond donors (Lipinski definition) is 0. The zero-order valence-corrected chi connectivity index (χ0v) is 17.7. The first-order valence-corrected chi connectivity index (χ1v) is 9.22. The Balaban J connectivity index is 0. The van der Waals surface area contributed by atoms with Gasteiger partial charge in [0.25, 0.3) is 0 Å². The molecule has 0 saturated heterocycles. The van der Waals surface area contributed by atoms with Crippen LogP contribution in [0.2, 0.25) is 0 Å². The fourth-order valence-corrected chi connectivity index (χ4v) is 2.53. The van der Waals surface area contributed by atoms with Crippen molar-refractivity contribution in [3.8, 4) is 0 Å². The summed E-state index contributed by atoms with van der Waals surface area (Å²) < 4.78 is 0. The molecule has 0 N–H and O–H groups in total. The van der Waals surface area contributed by atoms with E-state index in [1.165, 1.54) is 12.8 Å². The molecule has 0 atom stereocenters. The van der Waals surface area contributed by atoms with E-state index in [9.17, 15) is 0 Å². The molecule has 0 fully saturated rings. The number of hydrogen-bond acceptors (Lipinski definition) is 0. The van der Waals surface area contributed by atoms with Crippen LogP contribution in [0.15, 0.2) is 22.3 Å². The van der Waals surface area contributed by atoms with Crippen LogP contribution in [-0.4, -0.2) is 0 Å². The van der Waals surface area contributed by atoms with Crippen LogP contribution in [0.25, 0.3) is 0 Å². The highest BCUT2D eigenvalue weighted by atomic mass is 14.1. The molecule has 132 valence electrons. The third-order valence-electron chi connectivity index (χ3n) is 4.51. The van der Waals surface area contributed by atoms with E-state index in [0.717, 1.165) is 11.8 Å². The molecule has 0 aromatic heterocycles. The molecule has 0 heteroatoms. The van der Waals surface area contributed by atoms with Crippen LogP contribution in [0.4, 0.5) is 0 Å². The van der Waals surface area contributed by atoms with Gasteiger partial charge in [0.15, 0.2) is 0 Å². The minimum Gasteiger partial charge on any atom is -0.0739 e. The monoisotopic (exact) mass is 308 g/mol. The zero-order chi connectivity index (χ0) is 18.0. The van der Waals surface area contributed by atoms with Crippen LogP contribution in [0.3, 0.4) is 0 Å². The first kappa shape index (κ1) is 23.7. The van der Waals surface area contributed by atoms with Gasteiger partial charge in [-0.2, -0.15) is 0 Å². The maximum atomic E-state index is 2.27. The molecule has 0 aliphatic carbocycles. The van der Waals surface area contributed by atoms with Crippen LogP contribution in [0, 0.1) is 23.7 Å². The Bertz CT molecular complexity index is 312. The molecule has 0 nitrogen and oxygen atoms in total. The Morgan fingerprint density at radius 1 is 0.500 bits per heavy atom. The SMILES string of the molecule is C/C(CC(C)C)=C(/C)C(C)C.C/C(CC(C)C)=C(/C)C(C)C. The quantitative estimate of drug-likeness (QED) is 0.435. The molecule has 0 aromatic carbocycles. The lowest BCUT2D eigenvalue weighted by molar-refractivity contribution is 0.625. The molecule has 0 spiro atoms. The molecule has 0 aliphatic heterocycles. The van der Waals surface area contributed by atoms with Crippen molar-refractivity contribution in [3.63, 3.8) is 0 Å². The summed E-state index contributed by atoms with van der Waals surface area (Å²) >= 11 is 0. The minimum atomic E-state index is 0.716. The molecular formula is C22H44. The average molecular weight is 309 g/mol. The Morgan fingerprint density at radius 2 is 0.727 bits per heavy atom. The van der Waals surface area contributed by atoms with Crippen molar-refractivity contribution in [2.45, 2.75) is 95.9 Å². The van der Waals surface area contributed by atoms with Gasteiger partial charge in [0, 0.05) is 0 Å². The van der Waals surface area contributed by atoms with E-state index in [1.807, 2.05) is 0 Å². The fraction of sp³-hybridized carbons (Fsp3) is 0.818. The van der Waals surface area contributed by atoms with Crippen molar-refractivity contribution >= 4 is 0 Å². The summed E-state index contributed by atoms with van der Waals surface area (Å²) in [5.41, 5.74) is 6.29. The average Bonchev–Trinajstić information content (AvgIpc) is 2.35. The molecule has 0 aromatic rings. The molecule has 0 unspecified atom stereocenters. The standard InChI is InChI=1S/2C11H22/c2*1-8(2)7-10(5)11(6)9(3)4/h2*8-9H,7H2,1-6H3/b2*11-10+. The molecule has 0 bridgehead atoms. The van der Waals surface area contributed by atoms with Crippen molar-refractivity contribution in [1.82, 2.24) is 0 Å². The lowest BCUT2D eigenvalue weighted by atomic mass is 9.94. The first-order chi connectivity index (χ1) is 9.89. The van der Waals surface area contributed by atoms with Gasteiger partial charge >= 0.3 is 0 Å². The van der Waals surface area contributed by atoms with Crippen LogP contribution in [-0.2, 0) is 0 Å². The summed E-state index contributed by atoms with van der Waals surface area (Å²) in [5.74, 6) is 3.02. The molecule has 0 aliphatic rings. The summed E-state index contributed by atoms with van der Waals surface area (Å²) in [6.07, 6.45) is 2.51. The Hall–Kier alpha value is -0.520. The summed E-state index contributed by atoms with van der Waals surface area (Å²) in [5, 5.41) is 0. The zero-order valence-electron chi connectivity index (χ0n) is 17.7. The van der Waals surface area contributed by atoms with Gasteiger partial charge in [-0.15, -0.1) is 0 Å². The van der Waals surface area contributed by atoms with Gasteiger partial charge in [0.1, 0.15) is 0 Å². The Labute approximate surface area is 142 Å². The normalized spacial score (nSPS) is 14.2. The highest BCUT2D eigenvalue weighted by Gasteiger charge is 2.04. The Morgan fingerprint density at radius 3 is 0.864 bits per heavy atom. The molecular weight excluding hydrogens is 264 g/mol. The van der Waals surface area contributed by atoms with Crippen molar-refractivity contribution in [3.05, 3.63) is 22.3 Å². The van der Waals surface area contributed by atoms with E-state index < -0.39 is 0 Å². The smallest absolute Gasteiger partial charge is 0.0260 e. The second-order valence-electron chi connectivity index (χ2n) is 8.43. The third-order valence-corrected chi connectivity index (χ3v) is 4.51. The van der Waals surface area contributed by atoms with E-state index in [2.05, 4.69) is 83.1 Å². The van der Waals surface area contributed by atoms with Gasteiger partial charge in [0.2, 0.25) is 0 Å². The second-order valence-corrected chi connectivity index (χ2v) is 8.43. The van der Waals surface area contributed by atoms with Crippen molar-refractivity contribution in [1.29, 1.82) is 0 Å². The van der Waals surface area contributed by atoms with Gasteiger partial charge in [-0.05, 0) is 64.2 Å². The van der Waals surface area contributed by atoms with Crippen LogP contribution >= 0.6 is 0 Å². The summed E-state index contributed by atoms with van der Waals surface area (Å²) in [6.45, 7) is 27.2. The predicted octanol–water partition coefficient (Wildman–Crippen LogP) is 8.05. The summed E-state index contributed by atoms with van der Waals surface area (Å²) in [6, 6.07) is 0. The van der Waals surface area contributed by atoms with Crippen LogP contribution in [0.1, 0.15) is 95.9 Å². The largest absolute Gasteiger partial charge is 0.0739 e. The molecule has 0 radical (unpaired) electrons. The second kappa shape index (κ2) is 12.0. The third kappa shape index (κ3) is 12.1. The highest BCUT2D eigenvalue weighted by molar-refractivity contribution is 5.12. The molecule has 0 saturated carbocycles.